The van der Waals surface area contributed by atoms with Crippen molar-refractivity contribution in [2.24, 2.45) is 7.05 Å². The molecule has 9 heteroatoms. The molecule has 0 bridgehead atoms. The first-order valence-electron chi connectivity index (χ1n) is 6.72. The number of hydrogen-bond donors (Lipinski definition) is 0. The van der Waals surface area contributed by atoms with Crippen LogP contribution in [0.2, 0.25) is 5.02 Å². The zero-order chi connectivity index (χ0) is 19.4. The molecule has 130 valence electrons. The number of pyridine rings is 1. The fourth-order valence-corrected chi connectivity index (χ4v) is 2.38. The molecule has 1 aromatic carbocycles. The quantitative estimate of drug-likeness (QED) is 0.546. The normalized spacial score (nSPS) is 10.3. The molecule has 0 saturated carbocycles. The molecule has 0 aliphatic rings. The molecule has 0 aliphatic carbocycles. The summed E-state index contributed by atoms with van der Waals surface area (Å²) in [5.74, 6) is 0. The molecule has 2 rings (SSSR count). The minimum Gasteiger partial charge on any atom is -0.222 e. The molecule has 0 fully saturated rings. The highest BCUT2D eigenvalue weighted by Crippen LogP contribution is 2.30. The van der Waals surface area contributed by atoms with Crippen LogP contribution in [-0.4, -0.2) is 0 Å². The molecule has 0 atom stereocenters. The van der Waals surface area contributed by atoms with Crippen molar-refractivity contribution in [2.45, 2.75) is 13.8 Å². The highest BCUT2D eigenvalue weighted by molar-refractivity contribution is 6.30. The summed E-state index contributed by atoms with van der Waals surface area (Å²) < 4.78 is 35.8. The fourth-order valence-electron chi connectivity index (χ4n) is 2.25. The lowest BCUT2D eigenvalue weighted by molar-refractivity contribution is -2.00. The van der Waals surface area contributed by atoms with E-state index in [0.29, 0.717) is 21.7 Å². The van der Waals surface area contributed by atoms with Crippen molar-refractivity contribution in [2.75, 3.05) is 0 Å². The number of benzene rings is 1. The van der Waals surface area contributed by atoms with E-state index in [2.05, 4.69) is 12.1 Å². The molecule has 25 heavy (non-hydrogen) atoms. The number of nitriles is 2. The maximum Gasteiger partial charge on any atom is 0.196 e. The van der Waals surface area contributed by atoms with Gasteiger partial charge in [0.2, 0.25) is 0 Å². The van der Waals surface area contributed by atoms with Crippen LogP contribution in [0.1, 0.15) is 22.5 Å². The van der Waals surface area contributed by atoms with E-state index in [-0.39, 0.29) is 0 Å². The Hall–Kier alpha value is -2.23. The summed E-state index contributed by atoms with van der Waals surface area (Å²) in [7, 11) is -3.09. The van der Waals surface area contributed by atoms with Crippen molar-refractivity contribution in [1.29, 1.82) is 10.5 Å². The van der Waals surface area contributed by atoms with Crippen LogP contribution in [0, 0.1) is 46.8 Å². The molecule has 0 amide bonds. The SMILES string of the molecule is Cc1c(C#N)c(-c2ccc(Cl)cc2)c(C#N)c(C)[n+]1C.[O-][Cl+3]([O-])([O-])[O-]. The number of rotatable bonds is 1. The summed E-state index contributed by atoms with van der Waals surface area (Å²) >= 11 is 5.90. The van der Waals surface area contributed by atoms with Crippen molar-refractivity contribution >= 4 is 11.6 Å². The second-order valence-corrected chi connectivity index (χ2v) is 6.16. The van der Waals surface area contributed by atoms with Gasteiger partial charge in [0.1, 0.15) is 30.3 Å². The van der Waals surface area contributed by atoms with Gasteiger partial charge in [-0.3, -0.25) is 0 Å². The molecule has 0 spiro atoms. The highest BCUT2D eigenvalue weighted by Gasteiger charge is 2.24. The van der Waals surface area contributed by atoms with Crippen molar-refractivity contribution in [3.05, 3.63) is 51.8 Å². The molecule has 1 aromatic heterocycles. The first-order valence-corrected chi connectivity index (χ1v) is 8.33. The van der Waals surface area contributed by atoms with E-state index in [1.54, 1.807) is 12.1 Å². The van der Waals surface area contributed by atoms with Crippen LogP contribution >= 0.6 is 11.6 Å². The van der Waals surface area contributed by atoms with E-state index in [1.807, 2.05) is 37.6 Å². The van der Waals surface area contributed by atoms with E-state index in [9.17, 15) is 10.5 Å². The Balaban J connectivity index is 0.000000550. The van der Waals surface area contributed by atoms with E-state index in [1.165, 1.54) is 0 Å². The minimum absolute atomic E-state index is 0.525. The van der Waals surface area contributed by atoms with Crippen molar-refractivity contribution in [3.63, 3.8) is 0 Å². The van der Waals surface area contributed by atoms with Crippen molar-refractivity contribution < 1.29 is 33.4 Å². The average Bonchev–Trinajstić information content (AvgIpc) is 2.52. The third-order valence-electron chi connectivity index (χ3n) is 3.59. The van der Waals surface area contributed by atoms with Crippen LogP contribution in [0.25, 0.3) is 11.1 Å². The molecule has 0 aliphatic heterocycles. The summed E-state index contributed by atoms with van der Waals surface area (Å²) in [6.45, 7) is 3.76. The summed E-state index contributed by atoms with van der Waals surface area (Å²) in [6, 6.07) is 11.6. The Kier molecular flexibility index (Phi) is 6.86. The Morgan fingerprint density at radius 2 is 1.28 bits per heavy atom. The van der Waals surface area contributed by atoms with Crippen LogP contribution < -0.4 is 23.2 Å². The van der Waals surface area contributed by atoms with Crippen LogP contribution in [-0.2, 0) is 7.05 Å². The lowest BCUT2D eigenvalue weighted by atomic mass is 9.93. The zero-order valence-electron chi connectivity index (χ0n) is 13.5. The molecule has 0 saturated heterocycles. The van der Waals surface area contributed by atoms with Gasteiger partial charge < -0.3 is 0 Å². The molecule has 0 unspecified atom stereocenters. The molecular formula is C16H13Cl2N3O4. The first-order chi connectivity index (χ1) is 11.5. The lowest BCUT2D eigenvalue weighted by Gasteiger charge is -2.17. The first kappa shape index (κ1) is 20.8. The van der Waals surface area contributed by atoms with Gasteiger partial charge in [0.05, 0.1) is 0 Å². The molecule has 7 nitrogen and oxygen atoms in total. The fraction of sp³-hybridized carbons (Fsp3) is 0.188. The summed E-state index contributed by atoms with van der Waals surface area (Å²) in [5.41, 5.74) is 4.24. The van der Waals surface area contributed by atoms with Crippen LogP contribution in [0.15, 0.2) is 24.3 Å². The molecule has 1 heterocycles. The molecule has 0 N–H and O–H groups in total. The monoisotopic (exact) mass is 381 g/mol. The van der Waals surface area contributed by atoms with Gasteiger partial charge >= 0.3 is 0 Å². The maximum absolute atomic E-state index is 9.45. The van der Waals surface area contributed by atoms with E-state index in [0.717, 1.165) is 17.0 Å². The van der Waals surface area contributed by atoms with E-state index in [4.69, 9.17) is 30.2 Å². The van der Waals surface area contributed by atoms with Gasteiger partial charge in [0, 0.05) is 24.4 Å². The Bertz CT molecular complexity index is 816. The summed E-state index contributed by atoms with van der Waals surface area (Å²) in [5, 5.41) is 19.5. The van der Waals surface area contributed by atoms with Crippen LogP contribution in [0.5, 0.6) is 0 Å². The Morgan fingerprint density at radius 1 is 0.920 bits per heavy atom. The number of aromatic nitrogens is 1. The van der Waals surface area contributed by atoms with E-state index < -0.39 is 10.2 Å². The predicted octanol–water partition coefficient (Wildman–Crippen LogP) is -1.56. The molecule has 2 aromatic rings. The predicted molar refractivity (Wildman–Crippen MR) is 77.0 cm³/mol. The molecule has 0 radical (unpaired) electrons. The van der Waals surface area contributed by atoms with Gasteiger partial charge in [0.15, 0.2) is 11.4 Å². The third-order valence-corrected chi connectivity index (χ3v) is 3.84. The Morgan fingerprint density at radius 3 is 1.60 bits per heavy atom. The number of nitrogens with zero attached hydrogens (tertiary/aromatic N) is 3. The van der Waals surface area contributed by atoms with Gasteiger partial charge in [-0.25, -0.2) is 23.2 Å². The Labute approximate surface area is 151 Å². The standard InChI is InChI=1S/C16H13ClN3.ClHO4/c1-10-14(8-18)16(12-4-6-13(17)7-5-12)15(9-19)11(2)20(10)3;2-1(3,4)5/h4-7H,1-3H3;(H,2,3,4,5)/q+1;/p-1. The zero-order valence-corrected chi connectivity index (χ0v) is 15.1. The highest BCUT2D eigenvalue weighted by atomic mass is 35.7. The topological polar surface area (TPSA) is 144 Å². The van der Waals surface area contributed by atoms with Gasteiger partial charge in [-0.15, -0.1) is 10.2 Å². The van der Waals surface area contributed by atoms with E-state index >= 15 is 0 Å². The van der Waals surface area contributed by atoms with Gasteiger partial charge in [0.25, 0.3) is 0 Å². The molecular weight excluding hydrogens is 369 g/mol. The largest absolute Gasteiger partial charge is 0.222 e. The van der Waals surface area contributed by atoms with Gasteiger partial charge in [-0.05, 0) is 17.7 Å². The summed E-state index contributed by atoms with van der Waals surface area (Å²) in [6.07, 6.45) is 0. The lowest BCUT2D eigenvalue weighted by Crippen LogP contribution is -2.68. The van der Waals surface area contributed by atoms with Crippen LogP contribution in [0.3, 0.4) is 0 Å². The third kappa shape index (κ3) is 5.38. The van der Waals surface area contributed by atoms with Crippen molar-refractivity contribution in [3.8, 4) is 23.3 Å². The van der Waals surface area contributed by atoms with Crippen molar-refractivity contribution in [1.82, 2.24) is 0 Å². The van der Waals surface area contributed by atoms with Gasteiger partial charge in [-0.2, -0.15) is 10.5 Å². The number of halogens is 2. The van der Waals surface area contributed by atoms with Gasteiger partial charge in [-0.1, -0.05) is 23.7 Å². The van der Waals surface area contributed by atoms with Crippen LogP contribution in [0.4, 0.5) is 0 Å². The summed E-state index contributed by atoms with van der Waals surface area (Å²) in [4.78, 5) is 0. The minimum atomic E-state index is -4.94. The number of hydrogen-bond acceptors (Lipinski definition) is 6. The maximum atomic E-state index is 9.45. The second-order valence-electron chi connectivity index (χ2n) is 4.96. The smallest absolute Gasteiger partial charge is 0.196 e. The average molecular weight is 382 g/mol. The second kappa shape index (κ2) is 8.24.